The molecule has 0 spiro atoms. The molecule has 5 heteroatoms. The summed E-state index contributed by atoms with van der Waals surface area (Å²) in [5, 5.41) is 13.5. The Balaban J connectivity index is 2.40. The first-order valence-corrected chi connectivity index (χ1v) is 4.01. The quantitative estimate of drug-likeness (QED) is 0.710. The predicted octanol–water partition coefficient (Wildman–Crippen LogP) is 0.0339. The van der Waals surface area contributed by atoms with E-state index in [0.717, 1.165) is 0 Å². The van der Waals surface area contributed by atoms with Gasteiger partial charge >= 0.3 is 0 Å². The molecule has 1 rings (SSSR count). The molecule has 10 heavy (non-hydrogen) atoms. The van der Waals surface area contributed by atoms with Gasteiger partial charge in [-0.1, -0.05) is 15.9 Å². The van der Waals surface area contributed by atoms with Crippen molar-refractivity contribution in [3.63, 3.8) is 0 Å². The van der Waals surface area contributed by atoms with Crippen LogP contribution >= 0.6 is 15.9 Å². The second-order valence-electron chi connectivity index (χ2n) is 1.93. The van der Waals surface area contributed by atoms with Gasteiger partial charge in [0.1, 0.15) is 12.7 Å². The van der Waals surface area contributed by atoms with E-state index >= 15 is 0 Å². The van der Waals surface area contributed by atoms with Crippen molar-refractivity contribution < 1.29 is 5.11 Å². The average molecular weight is 206 g/mol. The molecule has 1 unspecified atom stereocenters. The van der Waals surface area contributed by atoms with Crippen molar-refractivity contribution in [1.29, 1.82) is 0 Å². The molecule has 1 atom stereocenters. The Labute approximate surface area is 67.0 Å². The highest BCUT2D eigenvalue weighted by atomic mass is 79.9. The lowest BCUT2D eigenvalue weighted by atomic mass is 10.4. The van der Waals surface area contributed by atoms with E-state index in [0.29, 0.717) is 11.9 Å². The number of alkyl halides is 1. The Bertz CT molecular complexity index is 177. The van der Waals surface area contributed by atoms with Crippen molar-refractivity contribution in [3.8, 4) is 0 Å². The molecule has 0 fully saturated rings. The van der Waals surface area contributed by atoms with Crippen LogP contribution in [0.15, 0.2) is 12.7 Å². The molecule has 1 aromatic heterocycles. The van der Waals surface area contributed by atoms with Crippen molar-refractivity contribution in [1.82, 2.24) is 14.8 Å². The van der Waals surface area contributed by atoms with E-state index < -0.39 is 0 Å². The monoisotopic (exact) mass is 205 g/mol. The lowest BCUT2D eigenvalue weighted by Crippen LogP contribution is -2.17. The highest BCUT2D eigenvalue weighted by molar-refractivity contribution is 9.09. The van der Waals surface area contributed by atoms with Gasteiger partial charge in [-0.2, -0.15) is 5.10 Å². The molecule has 0 amide bonds. The molecule has 0 bridgehead atoms. The first kappa shape index (κ1) is 7.68. The zero-order valence-electron chi connectivity index (χ0n) is 5.31. The molecule has 56 valence electrons. The van der Waals surface area contributed by atoms with Crippen molar-refractivity contribution in [2.75, 3.05) is 5.33 Å². The minimum Gasteiger partial charge on any atom is -0.390 e. The van der Waals surface area contributed by atoms with Crippen LogP contribution in [0.5, 0.6) is 0 Å². The summed E-state index contributed by atoms with van der Waals surface area (Å²) in [5.74, 6) is 0. The molecule has 0 aliphatic heterocycles. The lowest BCUT2D eigenvalue weighted by molar-refractivity contribution is 0.174. The topological polar surface area (TPSA) is 50.9 Å². The first-order valence-electron chi connectivity index (χ1n) is 2.89. The molecular weight excluding hydrogens is 198 g/mol. The van der Waals surface area contributed by atoms with Crippen LogP contribution in [0.1, 0.15) is 0 Å². The van der Waals surface area contributed by atoms with Gasteiger partial charge in [0, 0.05) is 5.33 Å². The second kappa shape index (κ2) is 3.68. The third-order valence-corrected chi connectivity index (χ3v) is 1.79. The highest BCUT2D eigenvalue weighted by Crippen LogP contribution is 1.92. The van der Waals surface area contributed by atoms with Crippen molar-refractivity contribution in [3.05, 3.63) is 12.7 Å². The van der Waals surface area contributed by atoms with E-state index in [1.54, 1.807) is 11.0 Å². The Morgan fingerprint density at radius 3 is 3.00 bits per heavy atom. The number of aromatic nitrogens is 3. The first-order chi connectivity index (χ1) is 4.83. The fourth-order valence-electron chi connectivity index (χ4n) is 0.592. The van der Waals surface area contributed by atoms with Gasteiger partial charge in [-0.3, -0.25) is 4.68 Å². The summed E-state index contributed by atoms with van der Waals surface area (Å²) >= 11 is 3.15. The standard InChI is InChI=1S/C5H8BrN3O/c6-1-5(10)2-9-4-7-3-8-9/h3-5,10H,1-2H2. The smallest absolute Gasteiger partial charge is 0.137 e. The summed E-state index contributed by atoms with van der Waals surface area (Å²) < 4.78 is 1.59. The summed E-state index contributed by atoms with van der Waals surface area (Å²) in [6.45, 7) is 0.491. The molecule has 0 saturated carbocycles. The Hall–Kier alpha value is -0.420. The summed E-state index contributed by atoms with van der Waals surface area (Å²) in [6.07, 6.45) is 2.63. The molecule has 4 nitrogen and oxygen atoms in total. The fraction of sp³-hybridized carbons (Fsp3) is 0.600. The van der Waals surface area contributed by atoms with Crippen molar-refractivity contribution >= 4 is 15.9 Å². The molecule has 0 aromatic carbocycles. The highest BCUT2D eigenvalue weighted by Gasteiger charge is 2.01. The molecule has 0 saturated heterocycles. The van der Waals surface area contributed by atoms with E-state index in [1.165, 1.54) is 6.33 Å². The number of hydrogen-bond acceptors (Lipinski definition) is 3. The zero-order chi connectivity index (χ0) is 7.40. The van der Waals surface area contributed by atoms with Crippen LogP contribution in [0, 0.1) is 0 Å². The van der Waals surface area contributed by atoms with E-state index in [9.17, 15) is 0 Å². The molecule has 0 aliphatic carbocycles. The van der Waals surface area contributed by atoms with E-state index in [4.69, 9.17) is 5.11 Å². The summed E-state index contributed by atoms with van der Waals surface area (Å²) in [7, 11) is 0. The van der Waals surface area contributed by atoms with Gasteiger partial charge < -0.3 is 5.11 Å². The van der Waals surface area contributed by atoms with Gasteiger partial charge in [-0.15, -0.1) is 0 Å². The lowest BCUT2D eigenvalue weighted by Gasteiger charge is -2.04. The second-order valence-corrected chi connectivity index (χ2v) is 2.57. The molecule has 0 radical (unpaired) electrons. The Kier molecular flexibility index (Phi) is 2.82. The average Bonchev–Trinajstić information content (AvgIpc) is 2.40. The number of rotatable bonds is 3. The van der Waals surface area contributed by atoms with Crippen LogP contribution in [0.2, 0.25) is 0 Å². The van der Waals surface area contributed by atoms with Gasteiger partial charge in [0.25, 0.3) is 0 Å². The van der Waals surface area contributed by atoms with Gasteiger partial charge in [0.2, 0.25) is 0 Å². The summed E-state index contributed by atoms with van der Waals surface area (Å²) in [6, 6.07) is 0. The van der Waals surface area contributed by atoms with E-state index in [2.05, 4.69) is 26.0 Å². The number of nitrogens with zero attached hydrogens (tertiary/aromatic N) is 3. The molecule has 1 heterocycles. The van der Waals surface area contributed by atoms with Crippen LogP contribution < -0.4 is 0 Å². The minimum atomic E-state index is -0.387. The molecule has 1 N–H and O–H groups in total. The molecule has 0 aliphatic rings. The minimum absolute atomic E-state index is 0.387. The Morgan fingerprint density at radius 2 is 2.50 bits per heavy atom. The SMILES string of the molecule is OC(CBr)Cn1cncn1. The maximum absolute atomic E-state index is 9.09. The van der Waals surface area contributed by atoms with Crippen LogP contribution in [-0.4, -0.2) is 31.3 Å². The number of aliphatic hydroxyl groups excluding tert-OH is 1. The van der Waals surface area contributed by atoms with Crippen LogP contribution in [0.25, 0.3) is 0 Å². The van der Waals surface area contributed by atoms with Crippen LogP contribution in [0.3, 0.4) is 0 Å². The summed E-state index contributed by atoms with van der Waals surface area (Å²) in [5.41, 5.74) is 0. The van der Waals surface area contributed by atoms with Gasteiger partial charge in [-0.25, -0.2) is 4.98 Å². The third kappa shape index (κ3) is 2.07. The fourth-order valence-corrected chi connectivity index (χ4v) is 0.796. The van der Waals surface area contributed by atoms with Crippen LogP contribution in [0.4, 0.5) is 0 Å². The number of hydrogen-bond donors (Lipinski definition) is 1. The third-order valence-electron chi connectivity index (χ3n) is 1.04. The van der Waals surface area contributed by atoms with Gasteiger partial charge in [-0.05, 0) is 0 Å². The van der Waals surface area contributed by atoms with Crippen LogP contribution in [-0.2, 0) is 6.54 Å². The largest absolute Gasteiger partial charge is 0.390 e. The summed E-state index contributed by atoms with van der Waals surface area (Å²) in [4.78, 5) is 3.73. The van der Waals surface area contributed by atoms with Crippen molar-refractivity contribution in [2.24, 2.45) is 0 Å². The maximum Gasteiger partial charge on any atom is 0.137 e. The zero-order valence-corrected chi connectivity index (χ0v) is 6.90. The van der Waals surface area contributed by atoms with Gasteiger partial charge in [0.05, 0.1) is 12.6 Å². The van der Waals surface area contributed by atoms with E-state index in [1.807, 2.05) is 0 Å². The number of halogens is 1. The maximum atomic E-state index is 9.09. The predicted molar refractivity (Wildman–Crippen MR) is 39.8 cm³/mol. The van der Waals surface area contributed by atoms with E-state index in [-0.39, 0.29) is 6.10 Å². The van der Waals surface area contributed by atoms with Gasteiger partial charge in [0.15, 0.2) is 0 Å². The normalized spacial score (nSPS) is 13.4. The number of aliphatic hydroxyl groups is 1. The Morgan fingerprint density at radius 1 is 1.70 bits per heavy atom. The molecular formula is C5H8BrN3O. The molecule has 1 aromatic rings. The van der Waals surface area contributed by atoms with Crippen molar-refractivity contribution in [2.45, 2.75) is 12.6 Å².